The number of benzene rings is 1. The summed E-state index contributed by atoms with van der Waals surface area (Å²) in [4.78, 5) is 10.4. The number of nitrogens with one attached hydrogen (secondary N) is 2. The van der Waals surface area contributed by atoms with Crippen LogP contribution in [0, 0.1) is 4.77 Å². The van der Waals surface area contributed by atoms with Gasteiger partial charge >= 0.3 is 0 Å². The molecular formula is C14H10BrN3S. The van der Waals surface area contributed by atoms with Gasteiger partial charge < -0.3 is 9.97 Å². The van der Waals surface area contributed by atoms with Crippen molar-refractivity contribution in [1.29, 1.82) is 0 Å². The van der Waals surface area contributed by atoms with Gasteiger partial charge in [-0.15, -0.1) is 0 Å². The molecule has 0 aliphatic heterocycles. The van der Waals surface area contributed by atoms with Gasteiger partial charge in [-0.25, -0.2) is 0 Å². The van der Waals surface area contributed by atoms with Crippen LogP contribution in [0.1, 0.15) is 0 Å². The first kappa shape index (κ1) is 12.3. The predicted octanol–water partition coefficient (Wildman–Crippen LogP) is 4.56. The molecule has 0 fully saturated rings. The van der Waals surface area contributed by atoms with Gasteiger partial charge in [-0.2, -0.15) is 0 Å². The van der Waals surface area contributed by atoms with E-state index in [0.29, 0.717) is 4.77 Å². The SMILES string of the molecule is S=c1[nH]c(-c2ccncc2)c(-c2ccc(Br)cc2)[nH]1. The zero-order chi connectivity index (χ0) is 13.2. The number of hydrogen-bond donors (Lipinski definition) is 2. The molecule has 5 heteroatoms. The van der Waals surface area contributed by atoms with Crippen LogP contribution in [0.25, 0.3) is 22.5 Å². The van der Waals surface area contributed by atoms with Gasteiger partial charge in [0.1, 0.15) is 0 Å². The Labute approximate surface area is 123 Å². The summed E-state index contributed by atoms with van der Waals surface area (Å²) in [5, 5.41) is 0. The van der Waals surface area contributed by atoms with Crippen LogP contribution in [-0.2, 0) is 0 Å². The van der Waals surface area contributed by atoms with Crippen LogP contribution >= 0.6 is 28.1 Å². The normalized spacial score (nSPS) is 10.6. The Morgan fingerprint density at radius 1 is 0.842 bits per heavy atom. The first-order valence-electron chi connectivity index (χ1n) is 5.72. The van der Waals surface area contributed by atoms with Crippen LogP contribution in [0.5, 0.6) is 0 Å². The highest BCUT2D eigenvalue weighted by atomic mass is 79.9. The van der Waals surface area contributed by atoms with Crippen molar-refractivity contribution < 1.29 is 0 Å². The van der Waals surface area contributed by atoms with E-state index in [9.17, 15) is 0 Å². The second kappa shape index (κ2) is 5.11. The molecule has 0 aliphatic carbocycles. The minimum atomic E-state index is 0.615. The van der Waals surface area contributed by atoms with Crippen LogP contribution in [0.3, 0.4) is 0 Å². The molecule has 0 unspecified atom stereocenters. The lowest BCUT2D eigenvalue weighted by molar-refractivity contribution is 1.26. The monoisotopic (exact) mass is 331 g/mol. The highest BCUT2D eigenvalue weighted by Gasteiger charge is 2.10. The molecule has 2 aromatic heterocycles. The largest absolute Gasteiger partial charge is 0.330 e. The number of rotatable bonds is 2. The van der Waals surface area contributed by atoms with Crippen molar-refractivity contribution >= 4 is 28.1 Å². The van der Waals surface area contributed by atoms with E-state index in [1.54, 1.807) is 12.4 Å². The van der Waals surface area contributed by atoms with Gasteiger partial charge in [0.25, 0.3) is 0 Å². The number of aromatic nitrogens is 3. The number of pyridine rings is 1. The Kier molecular flexibility index (Phi) is 3.31. The molecule has 0 radical (unpaired) electrons. The smallest absolute Gasteiger partial charge is 0.175 e. The minimum absolute atomic E-state index is 0.615. The average molecular weight is 332 g/mol. The van der Waals surface area contributed by atoms with Crippen molar-refractivity contribution in [3.63, 3.8) is 0 Å². The molecular weight excluding hydrogens is 322 g/mol. The van der Waals surface area contributed by atoms with Gasteiger partial charge in [0.15, 0.2) is 4.77 Å². The van der Waals surface area contributed by atoms with E-state index in [4.69, 9.17) is 12.2 Å². The summed E-state index contributed by atoms with van der Waals surface area (Å²) in [6, 6.07) is 12.0. The quantitative estimate of drug-likeness (QED) is 0.676. The van der Waals surface area contributed by atoms with Crippen molar-refractivity contribution in [3.8, 4) is 22.5 Å². The number of nitrogens with zero attached hydrogens (tertiary/aromatic N) is 1. The molecule has 0 aliphatic rings. The Morgan fingerprint density at radius 2 is 1.37 bits per heavy atom. The Hall–Kier alpha value is -1.72. The highest BCUT2D eigenvalue weighted by molar-refractivity contribution is 9.10. The molecule has 94 valence electrons. The molecule has 3 nitrogen and oxygen atoms in total. The van der Waals surface area contributed by atoms with Crippen LogP contribution in [0.15, 0.2) is 53.3 Å². The van der Waals surface area contributed by atoms with E-state index in [1.165, 1.54) is 0 Å². The van der Waals surface area contributed by atoms with Crippen molar-refractivity contribution in [3.05, 3.63) is 58.0 Å². The summed E-state index contributed by atoms with van der Waals surface area (Å²) in [6.07, 6.45) is 3.54. The van der Waals surface area contributed by atoms with Gasteiger partial charge in [0.05, 0.1) is 11.4 Å². The van der Waals surface area contributed by atoms with Gasteiger partial charge in [0.2, 0.25) is 0 Å². The predicted molar refractivity (Wildman–Crippen MR) is 82.3 cm³/mol. The summed E-state index contributed by atoms with van der Waals surface area (Å²) in [5.41, 5.74) is 4.11. The lowest BCUT2D eigenvalue weighted by atomic mass is 10.1. The fourth-order valence-electron chi connectivity index (χ4n) is 1.95. The first-order valence-corrected chi connectivity index (χ1v) is 6.93. The van der Waals surface area contributed by atoms with E-state index in [1.807, 2.05) is 36.4 Å². The summed E-state index contributed by atoms with van der Waals surface area (Å²) < 4.78 is 1.67. The molecule has 19 heavy (non-hydrogen) atoms. The first-order chi connectivity index (χ1) is 9.24. The van der Waals surface area contributed by atoms with Crippen LogP contribution in [-0.4, -0.2) is 15.0 Å². The Morgan fingerprint density at radius 3 is 1.95 bits per heavy atom. The third-order valence-electron chi connectivity index (χ3n) is 2.83. The van der Waals surface area contributed by atoms with Gasteiger partial charge in [-0.3, -0.25) is 4.98 Å². The maximum absolute atomic E-state index is 5.21. The van der Waals surface area contributed by atoms with Gasteiger partial charge in [-0.05, 0) is 36.5 Å². The summed E-state index contributed by atoms with van der Waals surface area (Å²) in [5.74, 6) is 0. The number of H-pyrrole nitrogens is 2. The van der Waals surface area contributed by atoms with E-state index < -0.39 is 0 Å². The number of halogens is 1. The third kappa shape index (κ3) is 2.52. The number of hydrogen-bond acceptors (Lipinski definition) is 2. The maximum Gasteiger partial charge on any atom is 0.175 e. The molecule has 0 bridgehead atoms. The Balaban J connectivity index is 2.17. The van der Waals surface area contributed by atoms with Crippen molar-refractivity contribution in [1.82, 2.24) is 15.0 Å². The average Bonchev–Trinajstić information content (AvgIpc) is 2.83. The number of imidazole rings is 1. The molecule has 0 atom stereocenters. The second-order valence-corrected chi connectivity index (χ2v) is 5.40. The molecule has 2 N–H and O–H groups in total. The standard InChI is InChI=1S/C14H10BrN3S/c15-11-3-1-9(2-4-11)12-13(18-14(19)17-12)10-5-7-16-8-6-10/h1-8H,(H2,17,18,19). The van der Waals surface area contributed by atoms with E-state index in [-0.39, 0.29) is 0 Å². The van der Waals surface area contributed by atoms with Crippen LogP contribution in [0.2, 0.25) is 0 Å². The van der Waals surface area contributed by atoms with E-state index >= 15 is 0 Å². The van der Waals surface area contributed by atoms with Crippen LogP contribution in [0.4, 0.5) is 0 Å². The molecule has 0 spiro atoms. The van der Waals surface area contributed by atoms with E-state index in [2.05, 4.69) is 30.9 Å². The topological polar surface area (TPSA) is 44.5 Å². The third-order valence-corrected chi connectivity index (χ3v) is 3.56. The molecule has 0 amide bonds. The summed E-state index contributed by atoms with van der Waals surface area (Å²) in [6.45, 7) is 0. The number of aromatic amines is 2. The van der Waals surface area contributed by atoms with E-state index in [0.717, 1.165) is 27.0 Å². The fraction of sp³-hybridized carbons (Fsp3) is 0. The molecule has 1 aromatic carbocycles. The highest BCUT2D eigenvalue weighted by Crippen LogP contribution is 2.29. The van der Waals surface area contributed by atoms with Crippen molar-refractivity contribution in [2.45, 2.75) is 0 Å². The zero-order valence-corrected chi connectivity index (χ0v) is 12.3. The lowest BCUT2D eigenvalue weighted by Gasteiger charge is -2.03. The van der Waals surface area contributed by atoms with Crippen molar-refractivity contribution in [2.24, 2.45) is 0 Å². The molecule has 2 heterocycles. The fourth-order valence-corrected chi connectivity index (χ4v) is 2.42. The maximum atomic E-state index is 5.21. The minimum Gasteiger partial charge on any atom is -0.330 e. The molecule has 0 saturated heterocycles. The van der Waals surface area contributed by atoms with Gasteiger partial charge in [-0.1, -0.05) is 28.1 Å². The molecule has 0 saturated carbocycles. The molecule has 3 rings (SSSR count). The lowest BCUT2D eigenvalue weighted by Crippen LogP contribution is -1.84. The zero-order valence-electron chi connectivity index (χ0n) is 9.85. The van der Waals surface area contributed by atoms with Gasteiger partial charge in [0, 0.05) is 28.0 Å². The van der Waals surface area contributed by atoms with Crippen LogP contribution < -0.4 is 0 Å². The summed E-state index contributed by atoms with van der Waals surface area (Å²) in [7, 11) is 0. The summed E-state index contributed by atoms with van der Waals surface area (Å²) >= 11 is 8.65. The molecule has 3 aromatic rings. The van der Waals surface area contributed by atoms with Crippen molar-refractivity contribution in [2.75, 3.05) is 0 Å². The second-order valence-electron chi connectivity index (χ2n) is 4.07. The Bertz CT molecular complexity index is 744.